The van der Waals surface area contributed by atoms with Crippen molar-refractivity contribution < 1.29 is 24.1 Å². The fraction of sp³-hybridized carbons (Fsp3) is 0.500. The Bertz CT molecular complexity index is 495. The number of benzene rings is 1. The maximum absolute atomic E-state index is 11.5. The lowest BCUT2D eigenvalue weighted by atomic mass is 10.1. The molecule has 0 radical (unpaired) electrons. The van der Waals surface area contributed by atoms with Crippen molar-refractivity contribution in [2.45, 2.75) is 32.5 Å². The molecule has 1 atom stereocenters. The highest BCUT2D eigenvalue weighted by Crippen LogP contribution is 2.38. The molecule has 20 heavy (non-hydrogen) atoms. The van der Waals surface area contributed by atoms with Gasteiger partial charge in [0.25, 0.3) is 0 Å². The third-order valence-electron chi connectivity index (χ3n) is 2.62. The number of ether oxygens (including phenoxy) is 3. The minimum absolute atomic E-state index is 0.0364. The molecule has 0 aromatic heterocycles. The van der Waals surface area contributed by atoms with Crippen molar-refractivity contribution in [2.24, 2.45) is 0 Å². The van der Waals surface area contributed by atoms with E-state index in [0.29, 0.717) is 17.1 Å². The normalized spacial score (nSPS) is 14.8. The number of amides is 1. The van der Waals surface area contributed by atoms with E-state index in [1.807, 2.05) is 0 Å². The van der Waals surface area contributed by atoms with E-state index in [0.717, 1.165) is 0 Å². The Morgan fingerprint density at radius 1 is 1.45 bits per heavy atom. The number of rotatable bonds is 3. The summed E-state index contributed by atoms with van der Waals surface area (Å²) in [5.41, 5.74) is 0.0102. The molecular formula is C14H19NO5. The van der Waals surface area contributed by atoms with Gasteiger partial charge in [0.15, 0.2) is 11.5 Å². The summed E-state index contributed by atoms with van der Waals surface area (Å²) in [7, 11) is 0. The standard InChI is InChI=1S/C14H19NO5/c1-14(2,3)20-13(17)15-7-10(16)9-5-4-6-11-12(9)19-8-18-11/h4-6,10,16H,7-8H2,1-3H3,(H,15,17). The van der Waals surface area contributed by atoms with E-state index >= 15 is 0 Å². The Labute approximate surface area is 117 Å². The molecule has 1 unspecified atom stereocenters. The van der Waals surface area contributed by atoms with Gasteiger partial charge >= 0.3 is 6.09 Å². The molecule has 0 spiro atoms. The molecule has 1 aliphatic rings. The van der Waals surface area contributed by atoms with Crippen LogP contribution >= 0.6 is 0 Å². The van der Waals surface area contributed by atoms with Gasteiger partial charge in [-0.3, -0.25) is 0 Å². The Balaban J connectivity index is 1.94. The predicted octanol–water partition coefficient (Wildman–Crippen LogP) is 1.97. The Morgan fingerprint density at radius 3 is 2.90 bits per heavy atom. The lowest BCUT2D eigenvalue weighted by Crippen LogP contribution is -2.34. The van der Waals surface area contributed by atoms with Crippen molar-refractivity contribution >= 4 is 6.09 Å². The molecule has 0 saturated carbocycles. The second-order valence-electron chi connectivity index (χ2n) is 5.48. The molecule has 2 rings (SSSR count). The van der Waals surface area contributed by atoms with E-state index in [9.17, 15) is 9.90 Å². The number of fused-ring (bicyclic) bond motifs is 1. The Hall–Kier alpha value is -1.95. The van der Waals surface area contributed by atoms with E-state index in [1.165, 1.54) is 0 Å². The zero-order chi connectivity index (χ0) is 14.8. The summed E-state index contributed by atoms with van der Waals surface area (Å²) in [4.78, 5) is 11.5. The molecule has 1 aromatic rings. The third kappa shape index (κ3) is 3.54. The summed E-state index contributed by atoms with van der Waals surface area (Å²) in [6.07, 6.45) is -1.46. The lowest BCUT2D eigenvalue weighted by Gasteiger charge is -2.20. The van der Waals surface area contributed by atoms with Crippen LogP contribution < -0.4 is 14.8 Å². The van der Waals surface area contributed by atoms with Gasteiger partial charge in [-0.15, -0.1) is 0 Å². The van der Waals surface area contributed by atoms with Crippen LogP contribution in [0.4, 0.5) is 4.79 Å². The molecule has 1 heterocycles. The summed E-state index contributed by atoms with van der Waals surface area (Å²) < 4.78 is 15.6. The second kappa shape index (κ2) is 5.58. The zero-order valence-corrected chi connectivity index (χ0v) is 11.8. The molecule has 0 fully saturated rings. The van der Waals surface area contributed by atoms with Crippen molar-refractivity contribution in [1.82, 2.24) is 5.32 Å². The van der Waals surface area contributed by atoms with Crippen LogP contribution in [0.5, 0.6) is 11.5 Å². The third-order valence-corrected chi connectivity index (χ3v) is 2.62. The minimum atomic E-state index is -0.890. The van der Waals surface area contributed by atoms with Crippen molar-refractivity contribution in [3.8, 4) is 11.5 Å². The smallest absolute Gasteiger partial charge is 0.407 e. The Kier molecular flexibility index (Phi) is 4.04. The van der Waals surface area contributed by atoms with E-state index < -0.39 is 17.8 Å². The fourth-order valence-electron chi connectivity index (χ4n) is 1.82. The van der Waals surface area contributed by atoms with Crippen molar-refractivity contribution in [1.29, 1.82) is 0 Å². The van der Waals surface area contributed by atoms with Gasteiger partial charge in [-0.05, 0) is 26.8 Å². The zero-order valence-electron chi connectivity index (χ0n) is 11.8. The SMILES string of the molecule is CC(C)(C)OC(=O)NCC(O)c1cccc2c1OCO2. The minimum Gasteiger partial charge on any atom is -0.454 e. The summed E-state index contributed by atoms with van der Waals surface area (Å²) in [6.45, 7) is 5.50. The van der Waals surface area contributed by atoms with Crippen LogP contribution in [0, 0.1) is 0 Å². The maximum Gasteiger partial charge on any atom is 0.407 e. The number of para-hydroxylation sites is 1. The van der Waals surface area contributed by atoms with Crippen molar-refractivity contribution in [2.75, 3.05) is 13.3 Å². The van der Waals surface area contributed by atoms with Crippen LogP contribution in [0.25, 0.3) is 0 Å². The quantitative estimate of drug-likeness (QED) is 0.885. The summed E-state index contributed by atoms with van der Waals surface area (Å²) in [5, 5.41) is 12.6. The molecule has 0 bridgehead atoms. The van der Waals surface area contributed by atoms with Gasteiger partial charge < -0.3 is 24.6 Å². The number of carbonyl (C=O) groups is 1. The molecule has 1 aromatic carbocycles. The highest BCUT2D eigenvalue weighted by Gasteiger charge is 2.23. The summed E-state index contributed by atoms with van der Waals surface area (Å²) in [5.74, 6) is 1.12. The topological polar surface area (TPSA) is 77.0 Å². The highest BCUT2D eigenvalue weighted by atomic mass is 16.7. The molecule has 110 valence electrons. The van der Waals surface area contributed by atoms with Gasteiger partial charge in [0.2, 0.25) is 6.79 Å². The number of aliphatic hydroxyl groups excluding tert-OH is 1. The first-order chi connectivity index (χ1) is 9.37. The van der Waals surface area contributed by atoms with Crippen LogP contribution in [-0.2, 0) is 4.74 Å². The van der Waals surface area contributed by atoms with E-state index in [-0.39, 0.29) is 13.3 Å². The second-order valence-corrected chi connectivity index (χ2v) is 5.48. The van der Waals surface area contributed by atoms with Crippen molar-refractivity contribution in [3.05, 3.63) is 23.8 Å². The largest absolute Gasteiger partial charge is 0.454 e. The molecule has 6 nitrogen and oxygen atoms in total. The van der Waals surface area contributed by atoms with Crippen LogP contribution in [0.1, 0.15) is 32.4 Å². The molecular weight excluding hydrogens is 262 g/mol. The number of aliphatic hydroxyl groups is 1. The number of alkyl carbamates (subject to hydrolysis) is 1. The molecule has 0 aliphatic carbocycles. The molecule has 1 aliphatic heterocycles. The van der Waals surface area contributed by atoms with Gasteiger partial charge in [-0.2, -0.15) is 0 Å². The van der Waals surface area contributed by atoms with E-state index in [2.05, 4.69) is 5.32 Å². The Morgan fingerprint density at radius 2 is 2.20 bits per heavy atom. The van der Waals surface area contributed by atoms with Gasteiger partial charge in [-0.25, -0.2) is 4.79 Å². The fourth-order valence-corrected chi connectivity index (χ4v) is 1.82. The van der Waals surface area contributed by atoms with Crippen molar-refractivity contribution in [3.63, 3.8) is 0 Å². The van der Waals surface area contributed by atoms with Crippen LogP contribution in [0.15, 0.2) is 18.2 Å². The lowest BCUT2D eigenvalue weighted by molar-refractivity contribution is 0.0490. The number of nitrogens with one attached hydrogen (secondary N) is 1. The highest BCUT2D eigenvalue weighted by molar-refractivity contribution is 5.67. The maximum atomic E-state index is 11.5. The number of hydrogen-bond acceptors (Lipinski definition) is 5. The first-order valence-electron chi connectivity index (χ1n) is 6.40. The number of carbonyl (C=O) groups excluding carboxylic acids is 1. The van der Waals surface area contributed by atoms with Crippen LogP contribution in [-0.4, -0.2) is 30.1 Å². The first-order valence-corrected chi connectivity index (χ1v) is 6.40. The average Bonchev–Trinajstić information content (AvgIpc) is 2.81. The first kappa shape index (κ1) is 14.5. The molecule has 0 saturated heterocycles. The van der Waals surface area contributed by atoms with Crippen LogP contribution in [0.2, 0.25) is 0 Å². The summed E-state index contributed by atoms with van der Waals surface area (Å²) >= 11 is 0. The van der Waals surface area contributed by atoms with Gasteiger partial charge in [0.1, 0.15) is 11.7 Å². The molecule has 2 N–H and O–H groups in total. The van der Waals surface area contributed by atoms with Crippen LogP contribution in [0.3, 0.4) is 0 Å². The predicted molar refractivity (Wildman–Crippen MR) is 71.8 cm³/mol. The van der Waals surface area contributed by atoms with Gasteiger partial charge in [0.05, 0.1) is 6.54 Å². The molecule has 1 amide bonds. The average molecular weight is 281 g/mol. The van der Waals surface area contributed by atoms with Gasteiger partial charge in [-0.1, -0.05) is 12.1 Å². The number of hydrogen-bond donors (Lipinski definition) is 2. The van der Waals surface area contributed by atoms with E-state index in [1.54, 1.807) is 39.0 Å². The monoisotopic (exact) mass is 281 g/mol. The van der Waals surface area contributed by atoms with E-state index in [4.69, 9.17) is 14.2 Å². The van der Waals surface area contributed by atoms with Gasteiger partial charge in [0, 0.05) is 5.56 Å². The summed E-state index contributed by atoms with van der Waals surface area (Å²) in [6, 6.07) is 5.26. The molecule has 6 heteroatoms.